The Morgan fingerprint density at radius 3 is 2.68 bits per heavy atom. The van der Waals surface area contributed by atoms with Gasteiger partial charge in [0.05, 0.1) is 26.9 Å². The molecule has 0 bridgehead atoms. The molecule has 0 atom stereocenters. The Kier molecular flexibility index (Phi) is 8.18. The molecular formula is C19H24FNO4. The number of hydrogen-bond acceptors (Lipinski definition) is 5. The first kappa shape index (κ1) is 19.2. The van der Waals surface area contributed by atoms with Gasteiger partial charge in [0.25, 0.3) is 0 Å². The van der Waals surface area contributed by atoms with Gasteiger partial charge < -0.3 is 24.6 Å². The summed E-state index contributed by atoms with van der Waals surface area (Å²) in [7, 11) is 1.57. The normalized spacial score (nSPS) is 10.7. The lowest BCUT2D eigenvalue weighted by atomic mass is 10.2. The van der Waals surface area contributed by atoms with Crippen LogP contribution in [0, 0.1) is 5.82 Å². The number of benzene rings is 2. The second-order valence-corrected chi connectivity index (χ2v) is 5.38. The Morgan fingerprint density at radius 2 is 1.92 bits per heavy atom. The van der Waals surface area contributed by atoms with Crippen molar-refractivity contribution in [3.8, 4) is 11.5 Å². The maximum atomic E-state index is 13.6. The molecular weight excluding hydrogens is 325 g/mol. The first-order valence-electron chi connectivity index (χ1n) is 8.17. The molecule has 2 aromatic rings. The van der Waals surface area contributed by atoms with Gasteiger partial charge in [0, 0.05) is 18.7 Å². The lowest BCUT2D eigenvalue weighted by Gasteiger charge is -2.13. The van der Waals surface area contributed by atoms with Crippen molar-refractivity contribution in [2.75, 3.05) is 33.5 Å². The van der Waals surface area contributed by atoms with Crippen LogP contribution in [0.5, 0.6) is 11.5 Å². The molecule has 6 heteroatoms. The summed E-state index contributed by atoms with van der Waals surface area (Å²) in [5.74, 6) is 0.888. The van der Waals surface area contributed by atoms with Crippen LogP contribution in [0.4, 0.5) is 4.39 Å². The van der Waals surface area contributed by atoms with Gasteiger partial charge in [-0.15, -0.1) is 0 Å². The summed E-state index contributed by atoms with van der Waals surface area (Å²) in [5.41, 5.74) is 1.54. The molecule has 5 nitrogen and oxygen atoms in total. The number of hydrogen-bond donors (Lipinski definition) is 2. The van der Waals surface area contributed by atoms with Crippen molar-refractivity contribution >= 4 is 0 Å². The minimum atomic E-state index is -0.286. The molecule has 2 rings (SSSR count). The zero-order valence-electron chi connectivity index (χ0n) is 14.3. The lowest BCUT2D eigenvalue weighted by molar-refractivity contribution is 0.0938. The Bertz CT molecular complexity index is 651. The zero-order valence-corrected chi connectivity index (χ0v) is 14.3. The van der Waals surface area contributed by atoms with Crippen LogP contribution in [0.1, 0.15) is 11.1 Å². The van der Waals surface area contributed by atoms with E-state index < -0.39 is 0 Å². The maximum absolute atomic E-state index is 13.6. The van der Waals surface area contributed by atoms with Crippen LogP contribution in [0.3, 0.4) is 0 Å². The number of aliphatic hydroxyl groups excluding tert-OH is 1. The summed E-state index contributed by atoms with van der Waals surface area (Å²) in [6, 6.07) is 12.2. The third-order valence-electron chi connectivity index (χ3n) is 3.56. The number of aliphatic hydroxyl groups is 1. The van der Waals surface area contributed by atoms with Crippen LogP contribution in [0.2, 0.25) is 0 Å². The molecule has 25 heavy (non-hydrogen) atoms. The fourth-order valence-electron chi connectivity index (χ4n) is 2.26. The highest BCUT2D eigenvalue weighted by Crippen LogP contribution is 2.29. The van der Waals surface area contributed by atoms with Crippen LogP contribution in [0.15, 0.2) is 42.5 Å². The first-order valence-corrected chi connectivity index (χ1v) is 8.17. The number of methoxy groups -OCH3 is 1. The van der Waals surface area contributed by atoms with Crippen molar-refractivity contribution in [1.29, 1.82) is 0 Å². The highest BCUT2D eigenvalue weighted by molar-refractivity contribution is 5.43. The predicted octanol–water partition coefficient (Wildman–Crippen LogP) is 2.51. The van der Waals surface area contributed by atoms with Crippen LogP contribution in [-0.4, -0.2) is 38.6 Å². The van der Waals surface area contributed by atoms with Gasteiger partial charge in [0.15, 0.2) is 11.5 Å². The van der Waals surface area contributed by atoms with E-state index in [2.05, 4.69) is 5.32 Å². The van der Waals surface area contributed by atoms with Crippen LogP contribution < -0.4 is 14.8 Å². The van der Waals surface area contributed by atoms with Gasteiger partial charge in [-0.3, -0.25) is 0 Å². The quantitative estimate of drug-likeness (QED) is 0.611. The van der Waals surface area contributed by atoms with Crippen molar-refractivity contribution < 1.29 is 23.7 Å². The Morgan fingerprint density at radius 1 is 1.08 bits per heavy atom. The topological polar surface area (TPSA) is 60.0 Å². The highest BCUT2D eigenvalue weighted by Gasteiger charge is 2.08. The van der Waals surface area contributed by atoms with E-state index in [9.17, 15) is 4.39 Å². The van der Waals surface area contributed by atoms with Crippen molar-refractivity contribution in [3.63, 3.8) is 0 Å². The summed E-state index contributed by atoms with van der Waals surface area (Å²) in [5, 5.41) is 11.9. The largest absolute Gasteiger partial charge is 0.493 e. The summed E-state index contributed by atoms with van der Waals surface area (Å²) >= 11 is 0. The molecule has 2 N–H and O–H groups in total. The van der Waals surface area contributed by atoms with E-state index in [1.165, 1.54) is 6.07 Å². The third kappa shape index (κ3) is 6.34. The third-order valence-corrected chi connectivity index (χ3v) is 3.56. The fourth-order valence-corrected chi connectivity index (χ4v) is 2.26. The summed E-state index contributed by atoms with van der Waals surface area (Å²) in [4.78, 5) is 0. The minimum Gasteiger partial charge on any atom is -0.493 e. The SMILES string of the molecule is COc1cc(CNCCOCCO)ccc1OCc1ccccc1F. The molecule has 0 aliphatic heterocycles. The molecule has 0 saturated heterocycles. The van der Waals surface area contributed by atoms with Crippen molar-refractivity contribution in [2.24, 2.45) is 0 Å². The van der Waals surface area contributed by atoms with Crippen molar-refractivity contribution in [1.82, 2.24) is 5.32 Å². The second kappa shape index (κ2) is 10.7. The molecule has 0 spiro atoms. The molecule has 2 aromatic carbocycles. The number of halogens is 1. The highest BCUT2D eigenvalue weighted by atomic mass is 19.1. The molecule has 0 radical (unpaired) electrons. The molecule has 0 aromatic heterocycles. The Labute approximate surface area is 147 Å². The van der Waals surface area contributed by atoms with Gasteiger partial charge in [-0.1, -0.05) is 24.3 Å². The van der Waals surface area contributed by atoms with Gasteiger partial charge in [-0.05, 0) is 23.8 Å². The Hall–Kier alpha value is -2.15. The summed E-state index contributed by atoms with van der Waals surface area (Å²) in [6.45, 7) is 2.42. The number of ether oxygens (including phenoxy) is 3. The van der Waals surface area contributed by atoms with E-state index in [0.29, 0.717) is 43.4 Å². The summed E-state index contributed by atoms with van der Waals surface area (Å²) < 4.78 is 29.9. The van der Waals surface area contributed by atoms with Crippen molar-refractivity contribution in [2.45, 2.75) is 13.2 Å². The van der Waals surface area contributed by atoms with E-state index in [4.69, 9.17) is 19.3 Å². The smallest absolute Gasteiger partial charge is 0.161 e. The maximum Gasteiger partial charge on any atom is 0.161 e. The van der Waals surface area contributed by atoms with Gasteiger partial charge >= 0.3 is 0 Å². The fraction of sp³-hybridized carbons (Fsp3) is 0.368. The molecule has 0 saturated carbocycles. The van der Waals surface area contributed by atoms with E-state index in [1.54, 1.807) is 25.3 Å². The van der Waals surface area contributed by atoms with Crippen LogP contribution in [-0.2, 0) is 17.9 Å². The number of nitrogens with one attached hydrogen (secondary N) is 1. The molecule has 0 unspecified atom stereocenters. The van der Waals surface area contributed by atoms with Crippen LogP contribution >= 0.6 is 0 Å². The molecule has 0 amide bonds. The number of rotatable bonds is 11. The first-order chi connectivity index (χ1) is 12.2. The van der Waals surface area contributed by atoms with Gasteiger partial charge in [-0.2, -0.15) is 0 Å². The van der Waals surface area contributed by atoms with Gasteiger partial charge in [-0.25, -0.2) is 4.39 Å². The molecule has 0 heterocycles. The monoisotopic (exact) mass is 349 g/mol. The standard InChI is InChI=1S/C19H24FNO4/c1-23-19-12-15(13-21-8-10-24-11-9-22)6-7-18(19)25-14-16-4-2-3-5-17(16)20/h2-7,12,21-22H,8-11,13-14H2,1H3. The average molecular weight is 349 g/mol. The lowest BCUT2D eigenvalue weighted by Crippen LogP contribution is -2.20. The van der Waals surface area contributed by atoms with Crippen molar-refractivity contribution in [3.05, 3.63) is 59.4 Å². The van der Waals surface area contributed by atoms with E-state index in [0.717, 1.165) is 5.56 Å². The van der Waals surface area contributed by atoms with E-state index >= 15 is 0 Å². The molecule has 136 valence electrons. The molecule has 0 aliphatic carbocycles. The molecule has 0 aliphatic rings. The summed E-state index contributed by atoms with van der Waals surface area (Å²) in [6.07, 6.45) is 0. The zero-order chi connectivity index (χ0) is 17.9. The van der Waals surface area contributed by atoms with E-state index in [1.807, 2.05) is 18.2 Å². The van der Waals surface area contributed by atoms with E-state index in [-0.39, 0.29) is 19.0 Å². The Balaban J connectivity index is 1.87. The average Bonchev–Trinajstić information content (AvgIpc) is 2.64. The second-order valence-electron chi connectivity index (χ2n) is 5.38. The predicted molar refractivity (Wildman–Crippen MR) is 93.3 cm³/mol. The minimum absolute atomic E-state index is 0.0333. The van der Waals surface area contributed by atoms with Gasteiger partial charge in [0.2, 0.25) is 0 Å². The van der Waals surface area contributed by atoms with Gasteiger partial charge in [0.1, 0.15) is 12.4 Å². The van der Waals surface area contributed by atoms with Crippen LogP contribution in [0.25, 0.3) is 0 Å². The molecule has 0 fully saturated rings.